The normalized spacial score (nSPS) is 17.4. The van der Waals surface area contributed by atoms with Gasteiger partial charge in [-0.3, -0.25) is 0 Å². The number of nitrogens with zero attached hydrogens (tertiary/aromatic N) is 1. The summed E-state index contributed by atoms with van der Waals surface area (Å²) in [5, 5.41) is 13.3. The van der Waals surface area contributed by atoms with Crippen LogP contribution in [-0.4, -0.2) is 35.7 Å². The molecular formula is C18H24N2O3. The number of hydrogen-bond acceptors (Lipinski definition) is 3. The Hall–Kier alpha value is -2.01. The lowest BCUT2D eigenvalue weighted by Gasteiger charge is -2.31. The summed E-state index contributed by atoms with van der Waals surface area (Å²) in [5.41, 5.74) is 1.93. The van der Waals surface area contributed by atoms with Crippen molar-refractivity contribution >= 4 is 17.0 Å². The van der Waals surface area contributed by atoms with Crippen molar-refractivity contribution in [3.63, 3.8) is 0 Å². The van der Waals surface area contributed by atoms with Crippen molar-refractivity contribution in [1.82, 2.24) is 10.2 Å². The smallest absolute Gasteiger partial charge is 0.317 e. The third kappa shape index (κ3) is 3.20. The van der Waals surface area contributed by atoms with Gasteiger partial charge in [0.25, 0.3) is 0 Å². The maximum absolute atomic E-state index is 12.4. The van der Waals surface area contributed by atoms with Gasteiger partial charge in [0.05, 0.1) is 6.04 Å². The van der Waals surface area contributed by atoms with Gasteiger partial charge in [0.15, 0.2) is 0 Å². The minimum absolute atomic E-state index is 0.0613. The highest BCUT2D eigenvalue weighted by Crippen LogP contribution is 2.29. The Balaban J connectivity index is 1.67. The summed E-state index contributed by atoms with van der Waals surface area (Å²) in [6, 6.07) is 7.68. The van der Waals surface area contributed by atoms with E-state index in [1.165, 1.54) is 0 Å². The predicted octanol–water partition coefficient (Wildman–Crippen LogP) is 3.22. The molecule has 1 aromatic heterocycles. The molecule has 1 aromatic carbocycles. The molecule has 0 radical (unpaired) electrons. The fourth-order valence-electron chi connectivity index (χ4n) is 3.27. The molecule has 124 valence electrons. The SMILES string of the molecule is Cc1c(C(C)NC(=O)N2CCC(CO)CC2)oc2ccccc12. The zero-order chi connectivity index (χ0) is 16.4. The predicted molar refractivity (Wildman–Crippen MR) is 89.3 cm³/mol. The number of nitrogens with one attached hydrogen (secondary N) is 1. The Morgan fingerprint density at radius 1 is 1.39 bits per heavy atom. The van der Waals surface area contributed by atoms with Crippen molar-refractivity contribution in [1.29, 1.82) is 0 Å². The highest BCUT2D eigenvalue weighted by atomic mass is 16.3. The Morgan fingerprint density at radius 2 is 2.09 bits per heavy atom. The van der Waals surface area contributed by atoms with Crippen molar-refractivity contribution in [2.75, 3.05) is 19.7 Å². The van der Waals surface area contributed by atoms with E-state index >= 15 is 0 Å². The van der Waals surface area contributed by atoms with Gasteiger partial charge >= 0.3 is 6.03 Å². The highest BCUT2D eigenvalue weighted by molar-refractivity contribution is 5.82. The van der Waals surface area contributed by atoms with E-state index in [-0.39, 0.29) is 18.7 Å². The number of amides is 2. The maximum Gasteiger partial charge on any atom is 0.317 e. The first-order valence-corrected chi connectivity index (χ1v) is 8.24. The van der Waals surface area contributed by atoms with Gasteiger partial charge in [-0.25, -0.2) is 4.79 Å². The Morgan fingerprint density at radius 3 is 2.74 bits per heavy atom. The summed E-state index contributed by atoms with van der Waals surface area (Å²) in [6.07, 6.45) is 1.73. The van der Waals surface area contributed by atoms with E-state index in [9.17, 15) is 9.90 Å². The first-order valence-electron chi connectivity index (χ1n) is 8.24. The Labute approximate surface area is 136 Å². The van der Waals surface area contributed by atoms with Gasteiger partial charge in [0.1, 0.15) is 11.3 Å². The van der Waals surface area contributed by atoms with Gasteiger partial charge in [0, 0.05) is 30.6 Å². The molecule has 2 amide bonds. The zero-order valence-electron chi connectivity index (χ0n) is 13.7. The second-order valence-corrected chi connectivity index (χ2v) is 6.37. The summed E-state index contributed by atoms with van der Waals surface area (Å²) in [5.74, 6) is 1.14. The molecular weight excluding hydrogens is 292 g/mol. The minimum atomic E-state index is -0.175. The van der Waals surface area contributed by atoms with Gasteiger partial charge in [-0.05, 0) is 38.7 Å². The number of carbonyl (C=O) groups is 1. The molecule has 0 spiro atoms. The van der Waals surface area contributed by atoms with Gasteiger partial charge in [-0.15, -0.1) is 0 Å². The number of fused-ring (bicyclic) bond motifs is 1. The quantitative estimate of drug-likeness (QED) is 0.914. The number of aliphatic hydroxyl groups is 1. The first-order chi connectivity index (χ1) is 11.1. The third-order valence-corrected chi connectivity index (χ3v) is 4.77. The summed E-state index contributed by atoms with van der Waals surface area (Å²) >= 11 is 0. The van der Waals surface area contributed by atoms with E-state index in [4.69, 9.17) is 4.42 Å². The first kappa shape index (κ1) is 15.9. The molecule has 1 atom stereocenters. The molecule has 1 aliphatic rings. The molecule has 0 saturated carbocycles. The van der Waals surface area contributed by atoms with Crippen LogP contribution in [-0.2, 0) is 0 Å². The number of furan rings is 1. The van der Waals surface area contributed by atoms with Crippen LogP contribution >= 0.6 is 0 Å². The van der Waals surface area contributed by atoms with E-state index in [2.05, 4.69) is 5.32 Å². The molecule has 1 aliphatic heterocycles. The van der Waals surface area contributed by atoms with Crippen LogP contribution in [0, 0.1) is 12.8 Å². The van der Waals surface area contributed by atoms with Crippen LogP contribution in [0.25, 0.3) is 11.0 Å². The average Bonchev–Trinajstić information content (AvgIpc) is 2.92. The highest BCUT2D eigenvalue weighted by Gasteiger charge is 2.25. The number of aliphatic hydroxyl groups excluding tert-OH is 1. The molecule has 1 saturated heterocycles. The third-order valence-electron chi connectivity index (χ3n) is 4.77. The number of carbonyl (C=O) groups excluding carboxylic acids is 1. The summed E-state index contributed by atoms with van der Waals surface area (Å²) in [6.45, 7) is 5.58. The molecule has 5 heteroatoms. The fraction of sp³-hybridized carbons (Fsp3) is 0.500. The number of rotatable bonds is 3. The fourth-order valence-corrected chi connectivity index (χ4v) is 3.27. The lowest BCUT2D eigenvalue weighted by Crippen LogP contribution is -2.45. The van der Waals surface area contributed by atoms with E-state index in [1.54, 1.807) is 0 Å². The number of aryl methyl sites for hydroxylation is 1. The zero-order valence-corrected chi connectivity index (χ0v) is 13.7. The van der Waals surface area contributed by atoms with Gasteiger partial charge in [-0.2, -0.15) is 0 Å². The van der Waals surface area contributed by atoms with Crippen molar-refractivity contribution < 1.29 is 14.3 Å². The largest absolute Gasteiger partial charge is 0.459 e. The molecule has 2 aromatic rings. The Bertz CT molecular complexity index is 687. The van der Waals surface area contributed by atoms with Crippen LogP contribution in [0.4, 0.5) is 4.79 Å². The average molecular weight is 316 g/mol. The number of piperidine rings is 1. The minimum Gasteiger partial charge on any atom is -0.459 e. The van der Waals surface area contributed by atoms with Gasteiger partial charge < -0.3 is 19.7 Å². The summed E-state index contributed by atoms with van der Waals surface area (Å²) in [4.78, 5) is 14.2. The van der Waals surface area contributed by atoms with Gasteiger partial charge in [0.2, 0.25) is 0 Å². The molecule has 1 unspecified atom stereocenters. The van der Waals surface area contributed by atoms with Crippen LogP contribution in [0.5, 0.6) is 0 Å². The van der Waals surface area contributed by atoms with E-state index < -0.39 is 0 Å². The molecule has 3 rings (SSSR count). The molecule has 0 bridgehead atoms. The monoisotopic (exact) mass is 316 g/mol. The van der Waals surface area contributed by atoms with Crippen LogP contribution < -0.4 is 5.32 Å². The van der Waals surface area contributed by atoms with Crippen LogP contribution in [0.3, 0.4) is 0 Å². The number of benzene rings is 1. The molecule has 2 heterocycles. The Kier molecular flexibility index (Phi) is 4.57. The van der Waals surface area contributed by atoms with Crippen LogP contribution in [0.15, 0.2) is 28.7 Å². The second kappa shape index (κ2) is 6.62. The van der Waals surface area contributed by atoms with E-state index in [0.29, 0.717) is 19.0 Å². The summed E-state index contributed by atoms with van der Waals surface area (Å²) < 4.78 is 5.92. The van der Waals surface area contributed by atoms with Crippen molar-refractivity contribution in [3.05, 3.63) is 35.6 Å². The molecule has 2 N–H and O–H groups in total. The standard InChI is InChI=1S/C18H24N2O3/c1-12-15-5-3-4-6-16(15)23-17(12)13(2)19-18(22)20-9-7-14(11-21)8-10-20/h3-6,13-14,21H,7-11H2,1-2H3,(H,19,22). The second-order valence-electron chi connectivity index (χ2n) is 6.37. The number of likely N-dealkylation sites (tertiary alicyclic amines) is 1. The topological polar surface area (TPSA) is 65.7 Å². The van der Waals surface area contributed by atoms with Crippen LogP contribution in [0.2, 0.25) is 0 Å². The lowest BCUT2D eigenvalue weighted by molar-refractivity contribution is 0.135. The molecule has 1 fully saturated rings. The molecule has 5 nitrogen and oxygen atoms in total. The van der Waals surface area contributed by atoms with E-state index in [1.807, 2.05) is 43.0 Å². The summed E-state index contributed by atoms with van der Waals surface area (Å²) in [7, 11) is 0. The number of hydrogen-bond donors (Lipinski definition) is 2. The maximum atomic E-state index is 12.4. The number of para-hydroxylation sites is 1. The van der Waals surface area contributed by atoms with Crippen molar-refractivity contribution in [3.8, 4) is 0 Å². The lowest BCUT2D eigenvalue weighted by atomic mass is 9.98. The van der Waals surface area contributed by atoms with Gasteiger partial charge in [-0.1, -0.05) is 18.2 Å². The van der Waals surface area contributed by atoms with Crippen LogP contribution in [0.1, 0.15) is 37.1 Å². The molecule has 23 heavy (non-hydrogen) atoms. The molecule has 0 aliphatic carbocycles. The number of urea groups is 1. The van der Waals surface area contributed by atoms with Crippen molar-refractivity contribution in [2.45, 2.75) is 32.7 Å². The van der Waals surface area contributed by atoms with E-state index in [0.717, 1.165) is 35.1 Å². The van der Waals surface area contributed by atoms with Crippen molar-refractivity contribution in [2.24, 2.45) is 5.92 Å².